The summed E-state index contributed by atoms with van der Waals surface area (Å²) in [7, 11) is 0. The Morgan fingerprint density at radius 2 is 2.07 bits per heavy atom. The Hall–Kier alpha value is -2.30. The van der Waals surface area contributed by atoms with Crippen LogP contribution in [0.2, 0.25) is 0 Å². The molecule has 2 aromatic rings. The SMILES string of the molecule is Cc1cc(C(F)(F)F)nn1CC(=O)N1CCC(c2nc(CN=O)cs2)CC1. The first-order valence-corrected chi connectivity index (χ1v) is 9.28. The number of hydrogen-bond acceptors (Lipinski definition) is 6. The van der Waals surface area contributed by atoms with Crippen LogP contribution in [-0.4, -0.2) is 38.7 Å². The smallest absolute Gasteiger partial charge is 0.341 e. The molecule has 146 valence electrons. The molecule has 0 spiro atoms. The van der Waals surface area contributed by atoms with Crippen molar-refractivity contribution in [2.45, 2.75) is 44.9 Å². The highest BCUT2D eigenvalue weighted by atomic mass is 32.1. The molecule has 3 heterocycles. The van der Waals surface area contributed by atoms with E-state index in [2.05, 4.69) is 15.3 Å². The van der Waals surface area contributed by atoms with E-state index in [1.165, 1.54) is 18.3 Å². The van der Waals surface area contributed by atoms with E-state index in [0.717, 1.165) is 28.6 Å². The maximum absolute atomic E-state index is 12.7. The third kappa shape index (κ3) is 4.52. The van der Waals surface area contributed by atoms with Gasteiger partial charge in [-0.2, -0.15) is 23.2 Å². The lowest BCUT2D eigenvalue weighted by molar-refractivity contribution is -0.142. The zero-order valence-electron chi connectivity index (χ0n) is 14.6. The minimum Gasteiger partial charge on any atom is -0.341 e. The van der Waals surface area contributed by atoms with Gasteiger partial charge in [0.25, 0.3) is 0 Å². The van der Waals surface area contributed by atoms with E-state index < -0.39 is 11.9 Å². The molecule has 11 heteroatoms. The van der Waals surface area contributed by atoms with Gasteiger partial charge in [-0.05, 0) is 25.8 Å². The molecule has 27 heavy (non-hydrogen) atoms. The third-order valence-corrected chi connectivity index (χ3v) is 5.61. The molecule has 7 nitrogen and oxygen atoms in total. The van der Waals surface area contributed by atoms with Crippen LogP contribution in [0.5, 0.6) is 0 Å². The Labute approximate surface area is 157 Å². The van der Waals surface area contributed by atoms with Gasteiger partial charge >= 0.3 is 6.18 Å². The second kappa shape index (κ2) is 7.75. The molecule has 0 aliphatic carbocycles. The first kappa shape index (κ1) is 19.5. The van der Waals surface area contributed by atoms with Crippen molar-refractivity contribution in [3.63, 3.8) is 0 Å². The lowest BCUT2D eigenvalue weighted by Crippen LogP contribution is -2.40. The van der Waals surface area contributed by atoms with Crippen LogP contribution < -0.4 is 0 Å². The van der Waals surface area contributed by atoms with E-state index in [-0.39, 0.29) is 24.9 Å². The molecule has 0 bridgehead atoms. The average molecular weight is 401 g/mol. The highest BCUT2D eigenvalue weighted by Crippen LogP contribution is 2.31. The normalized spacial score (nSPS) is 15.9. The van der Waals surface area contributed by atoms with Crippen molar-refractivity contribution in [3.05, 3.63) is 38.4 Å². The molecule has 1 fully saturated rings. The summed E-state index contributed by atoms with van der Waals surface area (Å²) >= 11 is 1.48. The van der Waals surface area contributed by atoms with Crippen LogP contribution in [0.3, 0.4) is 0 Å². The lowest BCUT2D eigenvalue weighted by atomic mass is 9.97. The Balaban J connectivity index is 1.57. The summed E-state index contributed by atoms with van der Waals surface area (Å²) in [6, 6.07) is 0.938. The second-order valence-electron chi connectivity index (χ2n) is 6.45. The highest BCUT2D eigenvalue weighted by Gasteiger charge is 2.35. The fourth-order valence-corrected chi connectivity index (χ4v) is 4.04. The van der Waals surface area contributed by atoms with Gasteiger partial charge < -0.3 is 4.90 Å². The first-order chi connectivity index (χ1) is 12.8. The molecule has 0 radical (unpaired) electrons. The van der Waals surface area contributed by atoms with Gasteiger partial charge in [-0.15, -0.1) is 11.3 Å². The van der Waals surface area contributed by atoms with Crippen molar-refractivity contribution in [1.82, 2.24) is 19.7 Å². The van der Waals surface area contributed by atoms with Crippen molar-refractivity contribution in [2.75, 3.05) is 13.1 Å². The number of likely N-dealkylation sites (tertiary alicyclic amines) is 1. The molecule has 1 saturated heterocycles. The van der Waals surface area contributed by atoms with Crippen LogP contribution in [0.4, 0.5) is 13.2 Å². The van der Waals surface area contributed by atoms with E-state index in [1.807, 2.05) is 5.38 Å². The zero-order valence-corrected chi connectivity index (χ0v) is 15.4. The maximum atomic E-state index is 12.7. The van der Waals surface area contributed by atoms with Gasteiger partial charge in [0.05, 0.1) is 10.7 Å². The number of amides is 1. The monoisotopic (exact) mass is 401 g/mol. The predicted octanol–water partition coefficient (Wildman–Crippen LogP) is 3.34. The number of aromatic nitrogens is 3. The maximum Gasteiger partial charge on any atom is 0.435 e. The Bertz CT molecular complexity index is 824. The van der Waals surface area contributed by atoms with Gasteiger partial charge in [-0.25, -0.2) is 4.98 Å². The van der Waals surface area contributed by atoms with Gasteiger partial charge in [0.15, 0.2) is 5.69 Å². The largest absolute Gasteiger partial charge is 0.435 e. The molecule has 0 saturated carbocycles. The van der Waals surface area contributed by atoms with E-state index >= 15 is 0 Å². The summed E-state index contributed by atoms with van der Waals surface area (Å²) in [6.45, 7) is 2.36. The molecule has 1 amide bonds. The van der Waals surface area contributed by atoms with Gasteiger partial charge in [0, 0.05) is 30.1 Å². The van der Waals surface area contributed by atoms with Crippen molar-refractivity contribution >= 4 is 17.2 Å². The molecule has 2 aromatic heterocycles. The third-order valence-electron chi connectivity index (χ3n) is 4.55. The van der Waals surface area contributed by atoms with Crippen LogP contribution in [0.1, 0.15) is 40.8 Å². The fourth-order valence-electron chi connectivity index (χ4n) is 3.06. The Kier molecular flexibility index (Phi) is 5.59. The second-order valence-corrected chi connectivity index (χ2v) is 7.34. The van der Waals surface area contributed by atoms with Gasteiger partial charge in [-0.1, -0.05) is 5.18 Å². The summed E-state index contributed by atoms with van der Waals surface area (Å²) in [5.41, 5.74) is -0.0429. The topological polar surface area (TPSA) is 80.5 Å². The van der Waals surface area contributed by atoms with Crippen LogP contribution in [0.25, 0.3) is 0 Å². The Morgan fingerprint density at radius 3 is 2.67 bits per heavy atom. The van der Waals surface area contributed by atoms with Crippen molar-refractivity contribution in [1.29, 1.82) is 0 Å². The minimum atomic E-state index is -4.52. The molecule has 1 aliphatic heterocycles. The van der Waals surface area contributed by atoms with Gasteiger partial charge in [0.2, 0.25) is 5.91 Å². The van der Waals surface area contributed by atoms with Crippen LogP contribution in [0.15, 0.2) is 16.6 Å². The number of halogens is 3. The molecule has 3 rings (SSSR count). The van der Waals surface area contributed by atoms with E-state index in [0.29, 0.717) is 24.5 Å². The summed E-state index contributed by atoms with van der Waals surface area (Å²) in [4.78, 5) is 28.8. The molecule has 0 aromatic carbocycles. The van der Waals surface area contributed by atoms with Crippen molar-refractivity contribution in [2.24, 2.45) is 5.18 Å². The van der Waals surface area contributed by atoms with Crippen LogP contribution >= 0.6 is 11.3 Å². The van der Waals surface area contributed by atoms with E-state index in [1.54, 1.807) is 4.90 Å². The first-order valence-electron chi connectivity index (χ1n) is 8.40. The molecule has 0 unspecified atom stereocenters. The number of rotatable bonds is 5. The Morgan fingerprint density at radius 1 is 1.37 bits per heavy atom. The van der Waals surface area contributed by atoms with E-state index in [9.17, 15) is 22.9 Å². The summed E-state index contributed by atoms with van der Waals surface area (Å²) < 4.78 is 39.3. The predicted molar refractivity (Wildman–Crippen MR) is 92.1 cm³/mol. The number of hydrogen-bond donors (Lipinski definition) is 0. The molecule has 0 N–H and O–H groups in total. The molecule has 1 aliphatic rings. The van der Waals surface area contributed by atoms with Gasteiger partial charge in [-0.3, -0.25) is 9.48 Å². The van der Waals surface area contributed by atoms with Crippen LogP contribution in [0, 0.1) is 11.8 Å². The zero-order chi connectivity index (χ0) is 19.6. The number of alkyl halides is 3. The molecular weight excluding hydrogens is 383 g/mol. The standard InChI is InChI=1S/C16H18F3N5O2S/c1-10-6-13(16(17,18)19)22-24(10)8-14(25)23-4-2-11(3-5-23)15-21-12(7-20-26)9-27-15/h6,9,11H,2-5,7-8H2,1H3. The number of aryl methyl sites for hydroxylation is 1. The fraction of sp³-hybridized carbons (Fsp3) is 0.562. The number of carbonyl (C=O) groups excluding carboxylic acids is 1. The molecular formula is C16H18F3N5O2S. The highest BCUT2D eigenvalue weighted by molar-refractivity contribution is 7.09. The number of carbonyl (C=O) groups is 1. The number of nitrogens with zero attached hydrogens (tertiary/aromatic N) is 5. The van der Waals surface area contributed by atoms with Crippen LogP contribution in [-0.2, 0) is 24.1 Å². The van der Waals surface area contributed by atoms with Crippen molar-refractivity contribution < 1.29 is 18.0 Å². The van der Waals surface area contributed by atoms with Gasteiger partial charge in [0.1, 0.15) is 13.1 Å². The minimum absolute atomic E-state index is 0.0525. The number of piperidine rings is 1. The van der Waals surface area contributed by atoms with Crippen molar-refractivity contribution in [3.8, 4) is 0 Å². The summed E-state index contributed by atoms with van der Waals surface area (Å²) in [5.74, 6) is -0.0407. The average Bonchev–Trinajstić information content (AvgIpc) is 3.22. The quantitative estimate of drug-likeness (QED) is 0.720. The number of thiazole rings is 1. The van der Waals surface area contributed by atoms with E-state index in [4.69, 9.17) is 0 Å². The molecule has 0 atom stereocenters. The number of nitroso groups, excluding NO2 is 1. The summed E-state index contributed by atoms with van der Waals surface area (Å²) in [6.07, 6.45) is -3.08. The lowest BCUT2D eigenvalue weighted by Gasteiger charge is -2.31. The summed E-state index contributed by atoms with van der Waals surface area (Å²) in [5, 5.41) is 9.07.